The van der Waals surface area contributed by atoms with Crippen LogP contribution in [0.1, 0.15) is 103 Å². The molecule has 0 fully saturated rings. The van der Waals surface area contributed by atoms with Crippen molar-refractivity contribution in [2.45, 2.75) is 93.2 Å². The second-order valence-corrected chi connectivity index (χ2v) is 9.12. The Labute approximate surface area is 211 Å². The van der Waals surface area contributed by atoms with E-state index >= 15 is 0 Å². The molecule has 0 atom stereocenters. The van der Waals surface area contributed by atoms with Crippen LogP contribution in [0.3, 0.4) is 0 Å². The summed E-state index contributed by atoms with van der Waals surface area (Å²) in [6.07, 6.45) is 0. The largest absolute Gasteiger partial charge is 0.232 e. The fraction of sp³-hybridized carbons (Fsp3) is 0.800. The van der Waals surface area contributed by atoms with E-state index in [4.69, 9.17) is 0 Å². The molecular formula is C20H40N16. The first-order chi connectivity index (χ1) is 16.8. The highest BCUT2D eigenvalue weighted by atomic mass is 15.6. The van der Waals surface area contributed by atoms with Crippen LogP contribution in [0.5, 0.6) is 0 Å². The zero-order chi connectivity index (χ0) is 27.4. The summed E-state index contributed by atoms with van der Waals surface area (Å²) in [5, 5.41) is 45.1. The van der Waals surface area contributed by atoms with Crippen LogP contribution in [0.15, 0.2) is 0 Å². The van der Waals surface area contributed by atoms with Crippen molar-refractivity contribution in [3.05, 3.63) is 23.3 Å². The van der Waals surface area contributed by atoms with Gasteiger partial charge < -0.3 is 0 Å². The summed E-state index contributed by atoms with van der Waals surface area (Å²) < 4.78 is 3.46. The molecule has 36 heavy (non-hydrogen) atoms. The van der Waals surface area contributed by atoms with E-state index in [1.54, 1.807) is 21.2 Å². The summed E-state index contributed by atoms with van der Waals surface area (Å²) in [5.74, 6) is 4.10. The Hall–Kier alpha value is -3.72. The first-order valence-electron chi connectivity index (χ1n) is 11.8. The molecule has 0 radical (unpaired) electrons. The first-order valence-corrected chi connectivity index (χ1v) is 11.8. The van der Waals surface area contributed by atoms with Crippen LogP contribution in [0, 0.1) is 13.8 Å². The lowest BCUT2D eigenvalue weighted by atomic mass is 10.2. The second-order valence-electron chi connectivity index (χ2n) is 9.12. The van der Waals surface area contributed by atoms with Gasteiger partial charge in [0.25, 0.3) is 0 Å². The van der Waals surface area contributed by atoms with E-state index < -0.39 is 0 Å². The Morgan fingerprint density at radius 1 is 0.611 bits per heavy atom. The number of hydrogen-bond acceptors (Lipinski definition) is 12. The smallest absolute Gasteiger partial charge is 0.177 e. The highest BCUT2D eigenvalue weighted by Crippen LogP contribution is 2.06. The van der Waals surface area contributed by atoms with Crippen molar-refractivity contribution in [1.82, 2.24) is 80.8 Å². The predicted molar refractivity (Wildman–Crippen MR) is 132 cm³/mol. The van der Waals surface area contributed by atoms with E-state index in [9.17, 15) is 0 Å². The number of rotatable bonds is 4. The number of aryl methyl sites for hydroxylation is 4. The van der Waals surface area contributed by atoms with Gasteiger partial charge in [-0.05, 0) is 72.8 Å². The first kappa shape index (κ1) is 30.3. The number of tetrazole rings is 4. The maximum atomic E-state index is 4.00. The molecule has 0 aliphatic rings. The highest BCUT2D eigenvalue weighted by Gasteiger charge is 2.05. The monoisotopic (exact) mass is 504 g/mol. The number of hydrogen-bond donors (Lipinski definition) is 0. The van der Waals surface area contributed by atoms with Gasteiger partial charge in [0.15, 0.2) is 17.5 Å². The van der Waals surface area contributed by atoms with Gasteiger partial charge in [-0.1, -0.05) is 27.7 Å². The molecule has 0 spiro atoms. The van der Waals surface area contributed by atoms with Gasteiger partial charge in [0.05, 0.1) is 19.1 Å². The van der Waals surface area contributed by atoms with Gasteiger partial charge in [0.1, 0.15) is 5.82 Å². The van der Waals surface area contributed by atoms with Gasteiger partial charge in [0, 0.05) is 18.9 Å². The lowest BCUT2D eigenvalue weighted by Crippen LogP contribution is -2.04. The standard InChI is InChI=1S/4C5H10N4/c1-4(2)5-6-7-8-9(5)3;1-4(2)5-6-8-9(3)7-5;1-4(2)9-5(3)6-7-8-9;1-4(2)9-7-5(3)6-8-9/h4*4H,1-3H3. The van der Waals surface area contributed by atoms with Gasteiger partial charge in [-0.25, -0.2) is 9.36 Å². The lowest BCUT2D eigenvalue weighted by molar-refractivity contribution is 0.454. The fourth-order valence-electron chi connectivity index (χ4n) is 2.49. The van der Waals surface area contributed by atoms with E-state index in [2.05, 4.69) is 75.7 Å². The second kappa shape index (κ2) is 14.6. The third-order valence-corrected chi connectivity index (χ3v) is 4.35. The minimum Gasteiger partial charge on any atom is -0.232 e. The van der Waals surface area contributed by atoms with Gasteiger partial charge >= 0.3 is 0 Å². The summed E-state index contributed by atoms with van der Waals surface area (Å²) in [5.41, 5.74) is 0. The van der Waals surface area contributed by atoms with E-state index in [0.29, 0.717) is 23.9 Å². The van der Waals surface area contributed by atoms with Crippen molar-refractivity contribution in [3.8, 4) is 0 Å². The molecule has 0 N–H and O–H groups in total. The van der Waals surface area contributed by atoms with Crippen molar-refractivity contribution >= 4 is 0 Å². The quantitative estimate of drug-likeness (QED) is 0.394. The van der Waals surface area contributed by atoms with Gasteiger partial charge in [-0.3, -0.25) is 0 Å². The average molecular weight is 505 g/mol. The maximum absolute atomic E-state index is 4.00. The Balaban J connectivity index is 0.000000240. The van der Waals surface area contributed by atoms with E-state index in [1.165, 1.54) is 4.80 Å². The number of nitrogens with zero attached hydrogens (tertiary/aromatic N) is 16. The molecule has 0 amide bonds. The van der Waals surface area contributed by atoms with Crippen LogP contribution in [-0.4, -0.2) is 80.8 Å². The summed E-state index contributed by atoms with van der Waals surface area (Å²) >= 11 is 0. The summed E-state index contributed by atoms with van der Waals surface area (Å²) in [7, 11) is 3.61. The van der Waals surface area contributed by atoms with Crippen LogP contribution in [0.4, 0.5) is 0 Å². The molecule has 0 bridgehead atoms. The average Bonchev–Trinajstić information content (AvgIpc) is 3.58. The SMILES string of the molecule is CC(C)c1nnn(C)n1.CC(C)c1nnnn1C.Cc1nnn(C(C)C)n1.Cc1nnnn1C(C)C. The van der Waals surface area contributed by atoms with E-state index in [-0.39, 0.29) is 0 Å². The molecule has 0 aliphatic heterocycles. The van der Waals surface area contributed by atoms with Gasteiger partial charge in [0.2, 0.25) is 0 Å². The third kappa shape index (κ3) is 10.3. The van der Waals surface area contributed by atoms with Crippen LogP contribution in [0.2, 0.25) is 0 Å². The fourth-order valence-corrected chi connectivity index (χ4v) is 2.49. The van der Waals surface area contributed by atoms with E-state index in [0.717, 1.165) is 23.3 Å². The minimum atomic E-state index is 0.311. The summed E-state index contributed by atoms with van der Waals surface area (Å²) in [6.45, 7) is 20.0. The van der Waals surface area contributed by atoms with Crippen LogP contribution >= 0.6 is 0 Å². The zero-order valence-electron chi connectivity index (χ0n) is 23.5. The Kier molecular flexibility index (Phi) is 12.3. The molecule has 4 aromatic heterocycles. The van der Waals surface area contributed by atoms with Crippen LogP contribution in [0.25, 0.3) is 0 Å². The Morgan fingerprint density at radius 3 is 1.47 bits per heavy atom. The summed E-state index contributed by atoms with van der Waals surface area (Å²) in [6, 6.07) is 0.672. The molecule has 0 unspecified atom stereocenters. The molecule has 200 valence electrons. The van der Waals surface area contributed by atoms with E-state index in [1.807, 2.05) is 62.4 Å². The molecule has 0 saturated carbocycles. The lowest BCUT2D eigenvalue weighted by Gasteiger charge is -2.02. The molecule has 4 heterocycles. The maximum Gasteiger partial charge on any atom is 0.177 e. The zero-order valence-corrected chi connectivity index (χ0v) is 23.5. The van der Waals surface area contributed by atoms with Crippen molar-refractivity contribution in [1.29, 1.82) is 0 Å². The van der Waals surface area contributed by atoms with Crippen molar-refractivity contribution in [3.63, 3.8) is 0 Å². The summed E-state index contributed by atoms with van der Waals surface area (Å²) in [4.78, 5) is 3.06. The van der Waals surface area contributed by atoms with Crippen molar-refractivity contribution in [2.24, 2.45) is 14.1 Å². The molecule has 4 rings (SSSR count). The topological polar surface area (TPSA) is 174 Å². The van der Waals surface area contributed by atoms with Gasteiger partial charge in [-0.2, -0.15) is 9.59 Å². The third-order valence-electron chi connectivity index (χ3n) is 4.35. The molecule has 0 saturated heterocycles. The number of aromatic nitrogens is 16. The molecule has 0 aromatic carbocycles. The molecule has 0 aliphatic carbocycles. The normalized spacial score (nSPS) is 10.7. The van der Waals surface area contributed by atoms with Crippen LogP contribution < -0.4 is 0 Å². The molecule has 4 aromatic rings. The molecule has 16 heteroatoms. The minimum absolute atomic E-state index is 0.311. The molecular weight excluding hydrogens is 464 g/mol. The highest BCUT2D eigenvalue weighted by molar-refractivity contribution is 4.86. The van der Waals surface area contributed by atoms with Crippen molar-refractivity contribution in [2.75, 3.05) is 0 Å². The Morgan fingerprint density at radius 2 is 1.25 bits per heavy atom. The predicted octanol–water partition coefficient (Wildman–Crippen LogP) is 1.79. The van der Waals surface area contributed by atoms with Gasteiger partial charge in [-0.15, -0.1) is 30.6 Å². The molecule has 16 nitrogen and oxygen atoms in total. The van der Waals surface area contributed by atoms with Crippen LogP contribution in [-0.2, 0) is 14.1 Å². The Bertz CT molecular complexity index is 1030. The van der Waals surface area contributed by atoms with Crippen molar-refractivity contribution < 1.29 is 0 Å².